The SMILES string of the molecule is CN1CCN(C(=O)c2ccc(-c3ccc(Cl)c(Cl)c3)o2)CC1. The molecular formula is C16H16Cl2N2O2. The molecule has 4 nitrogen and oxygen atoms in total. The van der Waals surface area contributed by atoms with Crippen LogP contribution < -0.4 is 0 Å². The van der Waals surface area contributed by atoms with E-state index < -0.39 is 0 Å². The number of rotatable bonds is 2. The van der Waals surface area contributed by atoms with E-state index in [0.717, 1.165) is 31.7 Å². The number of hydrogen-bond donors (Lipinski definition) is 0. The van der Waals surface area contributed by atoms with Crippen molar-refractivity contribution >= 4 is 29.1 Å². The number of halogens is 2. The summed E-state index contributed by atoms with van der Waals surface area (Å²) in [6.45, 7) is 3.20. The molecule has 0 spiro atoms. The summed E-state index contributed by atoms with van der Waals surface area (Å²) in [6.07, 6.45) is 0. The first-order chi connectivity index (χ1) is 10.5. The van der Waals surface area contributed by atoms with Crippen molar-refractivity contribution in [1.82, 2.24) is 9.80 Å². The minimum Gasteiger partial charge on any atom is -0.451 e. The first-order valence-electron chi connectivity index (χ1n) is 7.07. The topological polar surface area (TPSA) is 36.7 Å². The number of nitrogens with zero attached hydrogens (tertiary/aromatic N) is 2. The van der Waals surface area contributed by atoms with Gasteiger partial charge in [-0.3, -0.25) is 4.79 Å². The Morgan fingerprint density at radius 1 is 1.05 bits per heavy atom. The monoisotopic (exact) mass is 338 g/mol. The van der Waals surface area contributed by atoms with Crippen LogP contribution >= 0.6 is 23.2 Å². The van der Waals surface area contributed by atoms with Crippen molar-refractivity contribution in [3.8, 4) is 11.3 Å². The van der Waals surface area contributed by atoms with Crippen LogP contribution in [-0.4, -0.2) is 48.9 Å². The molecule has 0 N–H and O–H groups in total. The van der Waals surface area contributed by atoms with Crippen LogP contribution in [0.3, 0.4) is 0 Å². The maximum absolute atomic E-state index is 12.4. The molecule has 0 unspecified atom stereocenters. The number of carbonyl (C=O) groups is 1. The fourth-order valence-electron chi connectivity index (χ4n) is 2.42. The molecule has 116 valence electrons. The Bertz CT molecular complexity index is 691. The van der Waals surface area contributed by atoms with Crippen molar-refractivity contribution < 1.29 is 9.21 Å². The maximum Gasteiger partial charge on any atom is 0.289 e. The molecule has 1 saturated heterocycles. The third kappa shape index (κ3) is 3.14. The van der Waals surface area contributed by atoms with E-state index >= 15 is 0 Å². The zero-order chi connectivity index (χ0) is 15.7. The molecule has 1 aromatic carbocycles. The number of amides is 1. The lowest BCUT2D eigenvalue weighted by Crippen LogP contribution is -2.47. The molecule has 1 amide bonds. The van der Waals surface area contributed by atoms with Gasteiger partial charge < -0.3 is 14.2 Å². The second-order valence-corrected chi connectivity index (χ2v) is 6.20. The van der Waals surface area contributed by atoms with Gasteiger partial charge in [-0.15, -0.1) is 0 Å². The molecule has 1 aliphatic heterocycles. The predicted molar refractivity (Wildman–Crippen MR) is 87.6 cm³/mol. The van der Waals surface area contributed by atoms with Gasteiger partial charge in [0.05, 0.1) is 10.0 Å². The van der Waals surface area contributed by atoms with Gasteiger partial charge in [0.2, 0.25) is 0 Å². The van der Waals surface area contributed by atoms with Crippen LogP contribution in [-0.2, 0) is 0 Å². The molecule has 1 aliphatic rings. The normalized spacial score (nSPS) is 16.0. The number of piperazine rings is 1. The van der Waals surface area contributed by atoms with Gasteiger partial charge in [-0.1, -0.05) is 23.2 Å². The highest BCUT2D eigenvalue weighted by molar-refractivity contribution is 6.42. The fraction of sp³-hybridized carbons (Fsp3) is 0.312. The Morgan fingerprint density at radius 3 is 2.45 bits per heavy atom. The van der Waals surface area contributed by atoms with E-state index in [2.05, 4.69) is 11.9 Å². The summed E-state index contributed by atoms with van der Waals surface area (Å²) in [5.74, 6) is 0.890. The van der Waals surface area contributed by atoms with E-state index in [4.69, 9.17) is 27.6 Å². The van der Waals surface area contributed by atoms with Crippen LogP contribution in [0.2, 0.25) is 10.0 Å². The Kier molecular flexibility index (Phi) is 4.43. The summed E-state index contributed by atoms with van der Waals surface area (Å²) in [5, 5.41) is 0.952. The lowest BCUT2D eigenvalue weighted by atomic mass is 10.2. The molecule has 3 rings (SSSR count). The Hall–Kier alpha value is -1.49. The Morgan fingerprint density at radius 2 is 1.77 bits per heavy atom. The predicted octanol–water partition coefficient (Wildman–Crippen LogP) is 3.64. The van der Waals surface area contributed by atoms with Gasteiger partial charge in [0.25, 0.3) is 5.91 Å². The quantitative estimate of drug-likeness (QED) is 0.838. The zero-order valence-electron chi connectivity index (χ0n) is 12.2. The Labute approximate surface area is 139 Å². The first kappa shape index (κ1) is 15.4. The number of hydrogen-bond acceptors (Lipinski definition) is 3. The molecule has 0 radical (unpaired) electrons. The van der Waals surface area contributed by atoms with Gasteiger partial charge in [-0.2, -0.15) is 0 Å². The molecule has 0 saturated carbocycles. The lowest BCUT2D eigenvalue weighted by Gasteiger charge is -2.31. The smallest absolute Gasteiger partial charge is 0.289 e. The highest BCUT2D eigenvalue weighted by Crippen LogP contribution is 2.29. The summed E-state index contributed by atoms with van der Waals surface area (Å²) in [4.78, 5) is 16.5. The van der Waals surface area contributed by atoms with Crippen LogP contribution in [0.5, 0.6) is 0 Å². The van der Waals surface area contributed by atoms with Crippen molar-refractivity contribution in [2.45, 2.75) is 0 Å². The summed E-state index contributed by atoms with van der Waals surface area (Å²) < 4.78 is 5.70. The Balaban J connectivity index is 1.78. The average Bonchev–Trinajstić information content (AvgIpc) is 3.00. The van der Waals surface area contributed by atoms with Gasteiger partial charge in [0.1, 0.15) is 5.76 Å². The minimum atomic E-state index is -0.0700. The lowest BCUT2D eigenvalue weighted by molar-refractivity contribution is 0.0633. The molecule has 22 heavy (non-hydrogen) atoms. The van der Waals surface area contributed by atoms with Gasteiger partial charge in [0, 0.05) is 31.7 Å². The van der Waals surface area contributed by atoms with Crippen LogP contribution in [0.1, 0.15) is 10.6 Å². The highest BCUT2D eigenvalue weighted by Gasteiger charge is 2.23. The van der Waals surface area contributed by atoms with Gasteiger partial charge >= 0.3 is 0 Å². The number of carbonyl (C=O) groups excluding carboxylic acids is 1. The van der Waals surface area contributed by atoms with E-state index in [1.807, 2.05) is 11.0 Å². The largest absolute Gasteiger partial charge is 0.451 e. The molecule has 2 aromatic rings. The molecule has 1 aromatic heterocycles. The molecule has 0 aliphatic carbocycles. The molecule has 1 fully saturated rings. The van der Waals surface area contributed by atoms with E-state index in [-0.39, 0.29) is 5.91 Å². The van der Waals surface area contributed by atoms with Gasteiger partial charge in [-0.05, 0) is 37.4 Å². The second kappa shape index (κ2) is 6.32. The third-order valence-electron chi connectivity index (χ3n) is 3.81. The van der Waals surface area contributed by atoms with E-state index in [9.17, 15) is 4.79 Å². The van der Waals surface area contributed by atoms with Gasteiger partial charge in [0.15, 0.2) is 5.76 Å². The van der Waals surface area contributed by atoms with E-state index in [0.29, 0.717) is 21.6 Å². The van der Waals surface area contributed by atoms with Crippen molar-refractivity contribution in [2.75, 3.05) is 33.2 Å². The highest BCUT2D eigenvalue weighted by atomic mass is 35.5. The number of likely N-dealkylation sites (N-methyl/N-ethyl adjacent to an activating group) is 1. The van der Waals surface area contributed by atoms with Crippen molar-refractivity contribution in [3.05, 3.63) is 46.1 Å². The van der Waals surface area contributed by atoms with Crippen LogP contribution in [0.25, 0.3) is 11.3 Å². The van der Waals surface area contributed by atoms with Crippen molar-refractivity contribution in [1.29, 1.82) is 0 Å². The summed E-state index contributed by atoms with van der Waals surface area (Å²) in [5.41, 5.74) is 0.798. The third-order valence-corrected chi connectivity index (χ3v) is 4.55. The van der Waals surface area contributed by atoms with Crippen molar-refractivity contribution in [3.63, 3.8) is 0 Å². The first-order valence-corrected chi connectivity index (χ1v) is 7.83. The summed E-state index contributed by atoms with van der Waals surface area (Å²) in [6, 6.07) is 8.75. The van der Waals surface area contributed by atoms with Crippen LogP contribution in [0.15, 0.2) is 34.7 Å². The van der Waals surface area contributed by atoms with Crippen LogP contribution in [0, 0.1) is 0 Å². The van der Waals surface area contributed by atoms with E-state index in [1.165, 1.54) is 0 Å². The zero-order valence-corrected chi connectivity index (χ0v) is 13.7. The average molecular weight is 339 g/mol. The molecule has 0 bridgehead atoms. The number of benzene rings is 1. The summed E-state index contributed by atoms with van der Waals surface area (Å²) >= 11 is 11.9. The molecule has 0 atom stereocenters. The second-order valence-electron chi connectivity index (χ2n) is 5.39. The molecular weight excluding hydrogens is 323 g/mol. The minimum absolute atomic E-state index is 0.0700. The summed E-state index contributed by atoms with van der Waals surface area (Å²) in [7, 11) is 2.05. The van der Waals surface area contributed by atoms with E-state index in [1.54, 1.807) is 24.3 Å². The van der Waals surface area contributed by atoms with Crippen LogP contribution in [0.4, 0.5) is 0 Å². The van der Waals surface area contributed by atoms with Gasteiger partial charge in [-0.25, -0.2) is 0 Å². The molecule has 2 heterocycles. The standard InChI is InChI=1S/C16H16Cl2N2O2/c1-19-6-8-20(9-7-19)16(21)15-5-4-14(22-15)11-2-3-12(17)13(18)10-11/h2-5,10H,6-9H2,1H3. The molecule has 6 heteroatoms. The number of furan rings is 1. The maximum atomic E-state index is 12.4. The van der Waals surface area contributed by atoms with Crippen molar-refractivity contribution in [2.24, 2.45) is 0 Å². The fourth-order valence-corrected chi connectivity index (χ4v) is 2.72.